The van der Waals surface area contributed by atoms with Crippen molar-refractivity contribution in [3.05, 3.63) is 48.8 Å². The van der Waals surface area contributed by atoms with Gasteiger partial charge in [0.2, 0.25) is 0 Å². The first-order chi connectivity index (χ1) is 11.7. The summed E-state index contributed by atoms with van der Waals surface area (Å²) < 4.78 is 11.0. The van der Waals surface area contributed by atoms with E-state index in [1.165, 1.54) is 0 Å². The fourth-order valence-corrected chi connectivity index (χ4v) is 3.05. The van der Waals surface area contributed by atoms with Crippen LogP contribution in [0.25, 0.3) is 0 Å². The molecule has 0 aliphatic rings. The van der Waals surface area contributed by atoms with Gasteiger partial charge in [0, 0.05) is 6.54 Å². The Bertz CT molecular complexity index is 759. The summed E-state index contributed by atoms with van der Waals surface area (Å²) >= 11 is 30.1. The molecule has 2 aromatic rings. The van der Waals surface area contributed by atoms with Crippen LogP contribution in [0.4, 0.5) is 0 Å². The van der Waals surface area contributed by atoms with Crippen molar-refractivity contribution < 1.29 is 13.9 Å². The van der Waals surface area contributed by atoms with Crippen LogP contribution in [0.5, 0.6) is 5.75 Å². The number of carbonyl (C=O) groups is 1. The summed E-state index contributed by atoms with van der Waals surface area (Å²) in [5, 5.41) is 2.98. The van der Waals surface area contributed by atoms with E-state index < -0.39 is 0 Å². The molecule has 0 saturated heterocycles. The maximum absolute atomic E-state index is 11.9. The summed E-state index contributed by atoms with van der Waals surface area (Å²) in [4.78, 5) is 11.9. The number of halogens is 5. The Morgan fingerprint density at radius 1 is 1.04 bits per heavy atom. The van der Waals surface area contributed by atoms with Gasteiger partial charge in [0.15, 0.2) is 11.5 Å². The first kappa shape index (κ1) is 20.5. The van der Waals surface area contributed by atoms with E-state index >= 15 is 0 Å². The molecule has 0 radical (unpaired) electrons. The molecule has 9 heteroatoms. The van der Waals surface area contributed by atoms with E-state index in [9.17, 15) is 4.79 Å². The second kappa shape index (κ2) is 8.74. The largest absolute Gasteiger partial charge is 0.482 e. The Kier molecular flexibility index (Phi) is 7.18. The molecule has 1 N–H and O–H groups in total. The van der Waals surface area contributed by atoms with Gasteiger partial charge in [-0.25, -0.2) is 0 Å². The summed E-state index contributed by atoms with van der Waals surface area (Å²) in [6, 6.07) is 3.17. The van der Waals surface area contributed by atoms with Gasteiger partial charge >= 0.3 is 0 Å². The molecule has 1 aromatic heterocycles. The van der Waals surface area contributed by atoms with Crippen LogP contribution in [0.15, 0.2) is 16.5 Å². The van der Waals surface area contributed by atoms with Gasteiger partial charge in [-0.15, -0.1) is 0 Å². The highest BCUT2D eigenvalue weighted by molar-refractivity contribution is 6.55. The van der Waals surface area contributed by atoms with E-state index in [4.69, 9.17) is 67.2 Å². The molecular formula is C16H14Cl5NO3. The van der Waals surface area contributed by atoms with Crippen LogP contribution in [0.1, 0.15) is 30.2 Å². The molecule has 0 bridgehead atoms. The van der Waals surface area contributed by atoms with E-state index in [0.29, 0.717) is 18.2 Å². The van der Waals surface area contributed by atoms with Crippen molar-refractivity contribution in [2.75, 3.05) is 6.54 Å². The van der Waals surface area contributed by atoms with Crippen molar-refractivity contribution in [1.82, 2.24) is 5.32 Å². The second-order valence-corrected chi connectivity index (χ2v) is 7.45. The lowest BCUT2D eigenvalue weighted by Gasteiger charge is -2.12. The van der Waals surface area contributed by atoms with E-state index in [1.54, 1.807) is 12.1 Å². The molecule has 4 nitrogen and oxygen atoms in total. The summed E-state index contributed by atoms with van der Waals surface area (Å²) in [6.45, 7) is 4.53. The van der Waals surface area contributed by atoms with Gasteiger partial charge in [-0.2, -0.15) is 0 Å². The zero-order chi connectivity index (χ0) is 18.7. The zero-order valence-corrected chi connectivity index (χ0v) is 17.0. The maximum atomic E-state index is 11.9. The van der Waals surface area contributed by atoms with Crippen LogP contribution in [0.3, 0.4) is 0 Å². The van der Waals surface area contributed by atoms with Crippen molar-refractivity contribution in [2.45, 2.75) is 20.5 Å². The third kappa shape index (κ3) is 4.89. The number of carbonyl (C=O) groups excluding carboxylic acids is 1. The topological polar surface area (TPSA) is 51.5 Å². The van der Waals surface area contributed by atoms with E-state index in [2.05, 4.69) is 5.32 Å². The van der Waals surface area contributed by atoms with Crippen LogP contribution >= 0.6 is 58.0 Å². The predicted octanol–water partition coefficient (Wildman–Crippen LogP) is 6.51. The van der Waals surface area contributed by atoms with Crippen molar-refractivity contribution in [1.29, 1.82) is 0 Å². The van der Waals surface area contributed by atoms with Crippen LogP contribution in [0.2, 0.25) is 25.1 Å². The first-order valence-electron chi connectivity index (χ1n) is 7.23. The summed E-state index contributed by atoms with van der Waals surface area (Å²) in [5.74, 6) is 0.719. The molecule has 0 unspecified atom stereocenters. The number of hydrogen-bond acceptors (Lipinski definition) is 3. The monoisotopic (exact) mass is 443 g/mol. The molecular weight excluding hydrogens is 431 g/mol. The van der Waals surface area contributed by atoms with Gasteiger partial charge in [-0.05, 0) is 18.1 Å². The smallest absolute Gasteiger partial charge is 0.287 e. The van der Waals surface area contributed by atoms with Crippen LogP contribution in [-0.2, 0) is 6.61 Å². The molecule has 1 aromatic carbocycles. The van der Waals surface area contributed by atoms with Crippen LogP contribution < -0.4 is 10.1 Å². The Hall–Kier alpha value is -0.780. The molecule has 1 heterocycles. The molecule has 0 atom stereocenters. The summed E-state index contributed by atoms with van der Waals surface area (Å²) in [7, 11) is 0. The predicted molar refractivity (Wildman–Crippen MR) is 102 cm³/mol. The Balaban J connectivity index is 2.10. The molecule has 0 fully saturated rings. The molecule has 0 spiro atoms. The number of amides is 1. The van der Waals surface area contributed by atoms with E-state index in [0.717, 1.165) is 0 Å². The van der Waals surface area contributed by atoms with Gasteiger partial charge < -0.3 is 14.5 Å². The van der Waals surface area contributed by atoms with Gasteiger partial charge in [0.25, 0.3) is 5.91 Å². The van der Waals surface area contributed by atoms with Gasteiger partial charge in [0.1, 0.15) is 22.4 Å². The maximum Gasteiger partial charge on any atom is 0.287 e. The highest BCUT2D eigenvalue weighted by Crippen LogP contribution is 2.48. The standard InChI is InChI=1S/C16H14Cl5NO3/c1-7(2)5-22-16(23)9-4-3-8(25-9)6-24-15-13(20)11(18)10(17)12(19)14(15)21/h3-4,7H,5-6H2,1-2H3,(H,22,23). The quantitative estimate of drug-likeness (QED) is 0.407. The highest BCUT2D eigenvalue weighted by atomic mass is 35.5. The number of furan rings is 1. The first-order valence-corrected chi connectivity index (χ1v) is 9.12. The van der Waals surface area contributed by atoms with Crippen LogP contribution in [0, 0.1) is 5.92 Å². The lowest BCUT2D eigenvalue weighted by atomic mass is 10.2. The summed E-state index contributed by atoms with van der Waals surface area (Å²) in [6.07, 6.45) is 0. The van der Waals surface area contributed by atoms with Crippen molar-refractivity contribution in [3.8, 4) is 5.75 Å². The van der Waals surface area contributed by atoms with Crippen molar-refractivity contribution in [2.24, 2.45) is 5.92 Å². The average molecular weight is 446 g/mol. The van der Waals surface area contributed by atoms with Crippen LogP contribution in [-0.4, -0.2) is 12.5 Å². The summed E-state index contributed by atoms with van der Waals surface area (Å²) in [5.41, 5.74) is 0. The molecule has 25 heavy (non-hydrogen) atoms. The lowest BCUT2D eigenvalue weighted by molar-refractivity contribution is 0.0917. The average Bonchev–Trinajstić information content (AvgIpc) is 3.05. The normalized spacial score (nSPS) is 11.0. The molecule has 0 aliphatic heterocycles. The minimum absolute atomic E-state index is 0.0226. The van der Waals surface area contributed by atoms with Gasteiger partial charge in [-0.3, -0.25) is 4.79 Å². The Morgan fingerprint density at radius 3 is 2.16 bits per heavy atom. The molecule has 1 amide bonds. The second-order valence-electron chi connectivity index (χ2n) is 5.56. The molecule has 0 saturated carbocycles. The Labute approximate surface area is 170 Å². The van der Waals surface area contributed by atoms with E-state index in [-0.39, 0.29) is 49.1 Å². The van der Waals surface area contributed by atoms with Crippen molar-refractivity contribution >= 4 is 63.9 Å². The fraction of sp³-hybridized carbons (Fsp3) is 0.312. The van der Waals surface area contributed by atoms with Gasteiger partial charge in [0.05, 0.1) is 15.1 Å². The SMILES string of the molecule is CC(C)CNC(=O)c1ccc(COc2c(Cl)c(Cl)c(Cl)c(Cl)c2Cl)o1. The minimum Gasteiger partial charge on any atom is -0.482 e. The fourth-order valence-electron chi connectivity index (χ4n) is 1.82. The number of hydrogen-bond donors (Lipinski definition) is 1. The number of ether oxygens (including phenoxy) is 1. The highest BCUT2D eigenvalue weighted by Gasteiger charge is 2.21. The number of rotatable bonds is 6. The van der Waals surface area contributed by atoms with E-state index in [1.807, 2.05) is 13.8 Å². The third-order valence-corrected chi connectivity index (χ3v) is 5.33. The number of nitrogens with one attached hydrogen (secondary N) is 1. The molecule has 0 aliphatic carbocycles. The van der Waals surface area contributed by atoms with Crippen molar-refractivity contribution in [3.63, 3.8) is 0 Å². The molecule has 136 valence electrons. The lowest BCUT2D eigenvalue weighted by Crippen LogP contribution is -2.26. The third-order valence-electron chi connectivity index (χ3n) is 3.08. The minimum atomic E-state index is -0.298. The molecule has 2 rings (SSSR count). The number of benzene rings is 1. The Morgan fingerprint density at radius 2 is 1.60 bits per heavy atom. The van der Waals surface area contributed by atoms with Gasteiger partial charge in [-0.1, -0.05) is 71.9 Å². The zero-order valence-electron chi connectivity index (χ0n) is 13.3.